The van der Waals surface area contributed by atoms with Gasteiger partial charge in [-0.15, -0.1) is 0 Å². The normalized spacial score (nSPS) is 25.9. The Balaban J connectivity index is 1.28. The van der Waals surface area contributed by atoms with E-state index in [1.165, 1.54) is 12.8 Å². The topological polar surface area (TPSA) is 60.9 Å². The van der Waals surface area contributed by atoms with Gasteiger partial charge in [-0.3, -0.25) is 14.4 Å². The molecule has 1 aromatic rings. The van der Waals surface area contributed by atoms with Crippen LogP contribution < -0.4 is 0 Å². The first-order valence-electron chi connectivity index (χ1n) is 13.9. The zero-order valence-electron chi connectivity index (χ0n) is 22.1. The summed E-state index contributed by atoms with van der Waals surface area (Å²) in [5.41, 5.74) is 0.843. The number of nitrogens with zero attached hydrogens (tertiary/aromatic N) is 3. The number of carbonyl (C=O) groups is 3. The molecule has 4 fully saturated rings. The Bertz CT molecular complexity index is 1040. The van der Waals surface area contributed by atoms with Crippen LogP contribution in [0.4, 0.5) is 0 Å². The summed E-state index contributed by atoms with van der Waals surface area (Å²) < 4.78 is 0. The van der Waals surface area contributed by atoms with Gasteiger partial charge in [0.25, 0.3) is 0 Å². The number of rotatable bonds is 6. The fraction of sp³-hybridized carbons (Fsp3) is 0.690. The van der Waals surface area contributed by atoms with Crippen LogP contribution in [0.15, 0.2) is 18.2 Å². The Morgan fingerprint density at radius 3 is 2.27 bits per heavy atom. The first kappa shape index (κ1) is 26.8. The van der Waals surface area contributed by atoms with Gasteiger partial charge in [0.15, 0.2) is 0 Å². The maximum Gasteiger partial charge on any atom is 0.228 e. The van der Waals surface area contributed by atoms with Crippen molar-refractivity contribution < 1.29 is 14.4 Å². The van der Waals surface area contributed by atoms with Crippen molar-refractivity contribution in [3.63, 3.8) is 0 Å². The van der Waals surface area contributed by atoms with Gasteiger partial charge in [0.05, 0.1) is 16.1 Å². The van der Waals surface area contributed by atoms with Gasteiger partial charge in [-0.2, -0.15) is 0 Å². The van der Waals surface area contributed by atoms with Gasteiger partial charge in [-0.25, -0.2) is 0 Å². The number of likely N-dealkylation sites (N-methyl/N-ethyl adjacent to an activating group) is 1. The summed E-state index contributed by atoms with van der Waals surface area (Å²) in [6, 6.07) is 5.55. The molecule has 0 unspecified atom stereocenters. The van der Waals surface area contributed by atoms with Gasteiger partial charge in [-0.1, -0.05) is 49.0 Å². The highest BCUT2D eigenvalue weighted by atomic mass is 35.5. The number of benzene rings is 1. The van der Waals surface area contributed by atoms with Crippen LogP contribution in [0.2, 0.25) is 10.0 Å². The number of piperidine rings is 1. The second kappa shape index (κ2) is 10.8. The fourth-order valence-corrected chi connectivity index (χ4v) is 6.90. The molecule has 3 amide bonds. The molecule has 0 N–H and O–H groups in total. The number of halogens is 2. The van der Waals surface area contributed by atoms with Crippen LogP contribution in [0.25, 0.3) is 0 Å². The Kier molecular flexibility index (Phi) is 7.80. The van der Waals surface area contributed by atoms with Crippen LogP contribution in [0.3, 0.4) is 0 Å². The smallest absolute Gasteiger partial charge is 0.228 e. The van der Waals surface area contributed by atoms with E-state index < -0.39 is 0 Å². The molecule has 2 atom stereocenters. The predicted octanol–water partition coefficient (Wildman–Crippen LogP) is 5.37. The lowest BCUT2D eigenvalue weighted by Gasteiger charge is -2.34. The zero-order valence-corrected chi connectivity index (χ0v) is 23.6. The average molecular weight is 549 g/mol. The zero-order chi connectivity index (χ0) is 26.3. The number of likely N-dealkylation sites (tertiary alicyclic amines) is 2. The highest BCUT2D eigenvalue weighted by molar-refractivity contribution is 6.42. The Morgan fingerprint density at radius 2 is 1.65 bits per heavy atom. The minimum absolute atomic E-state index is 0.0206. The van der Waals surface area contributed by atoms with E-state index in [-0.39, 0.29) is 41.0 Å². The molecular weight excluding hydrogens is 509 g/mol. The molecule has 8 heteroatoms. The molecule has 0 aromatic heterocycles. The maximum absolute atomic E-state index is 13.7. The SMILES string of the molecule is CN(C(=O)CC1CCCC1)[C@H]1CN(C(=O)C2CCN(C(=O)C3(C)CC3)CC2)C[C@@H]1c1ccc(Cl)c(Cl)c1. The molecule has 5 rings (SSSR count). The molecule has 0 radical (unpaired) electrons. The Hall–Kier alpha value is -1.79. The molecular formula is C29H39Cl2N3O3. The van der Waals surface area contributed by atoms with Gasteiger partial charge in [0.1, 0.15) is 0 Å². The summed E-state index contributed by atoms with van der Waals surface area (Å²) in [6.45, 7) is 4.42. The van der Waals surface area contributed by atoms with Crippen LogP contribution in [-0.4, -0.2) is 71.7 Å². The van der Waals surface area contributed by atoms with Crippen LogP contribution >= 0.6 is 23.2 Å². The highest BCUT2D eigenvalue weighted by Gasteiger charge is 2.48. The molecule has 0 bridgehead atoms. The molecule has 1 aromatic carbocycles. The highest BCUT2D eigenvalue weighted by Crippen LogP contribution is 2.47. The van der Waals surface area contributed by atoms with E-state index in [2.05, 4.69) is 0 Å². The minimum Gasteiger partial charge on any atom is -0.342 e. The molecule has 2 heterocycles. The van der Waals surface area contributed by atoms with E-state index >= 15 is 0 Å². The maximum atomic E-state index is 13.7. The summed E-state index contributed by atoms with van der Waals surface area (Å²) in [6.07, 6.45) is 8.63. The van der Waals surface area contributed by atoms with Crippen molar-refractivity contribution in [3.8, 4) is 0 Å². The summed E-state index contributed by atoms with van der Waals surface area (Å²) in [5.74, 6) is 0.937. The van der Waals surface area contributed by atoms with Crippen LogP contribution in [0.5, 0.6) is 0 Å². The van der Waals surface area contributed by atoms with Crippen molar-refractivity contribution in [2.75, 3.05) is 33.2 Å². The van der Waals surface area contributed by atoms with Crippen molar-refractivity contribution in [3.05, 3.63) is 33.8 Å². The van der Waals surface area contributed by atoms with Crippen molar-refractivity contribution in [1.82, 2.24) is 14.7 Å². The second-order valence-electron chi connectivity index (χ2n) is 12.1. The van der Waals surface area contributed by atoms with E-state index in [0.717, 1.165) is 31.2 Å². The predicted molar refractivity (Wildman–Crippen MR) is 146 cm³/mol. The summed E-state index contributed by atoms with van der Waals surface area (Å²) in [4.78, 5) is 45.5. The molecule has 4 aliphatic rings. The molecule has 0 spiro atoms. The van der Waals surface area contributed by atoms with Gasteiger partial charge in [0.2, 0.25) is 17.7 Å². The van der Waals surface area contributed by atoms with Crippen molar-refractivity contribution >= 4 is 40.9 Å². The average Bonchev–Trinajstić information content (AvgIpc) is 3.26. The van der Waals surface area contributed by atoms with Crippen molar-refractivity contribution in [2.45, 2.75) is 76.7 Å². The second-order valence-corrected chi connectivity index (χ2v) is 12.9. The number of amides is 3. The third kappa shape index (κ3) is 5.66. The summed E-state index contributed by atoms with van der Waals surface area (Å²) in [5, 5.41) is 0.990. The van der Waals surface area contributed by atoms with Crippen molar-refractivity contribution in [2.24, 2.45) is 17.3 Å². The molecule has 2 aliphatic carbocycles. The number of hydrogen-bond donors (Lipinski definition) is 0. The number of hydrogen-bond acceptors (Lipinski definition) is 3. The lowest BCUT2D eigenvalue weighted by molar-refractivity contribution is -0.142. The van der Waals surface area contributed by atoms with Crippen LogP contribution in [0, 0.1) is 17.3 Å². The molecule has 202 valence electrons. The van der Waals surface area contributed by atoms with E-state index in [9.17, 15) is 14.4 Å². The Morgan fingerprint density at radius 1 is 0.973 bits per heavy atom. The van der Waals surface area contributed by atoms with Crippen LogP contribution in [0.1, 0.15) is 76.2 Å². The van der Waals surface area contributed by atoms with E-state index in [4.69, 9.17) is 23.2 Å². The van der Waals surface area contributed by atoms with E-state index in [1.54, 1.807) is 6.07 Å². The first-order chi connectivity index (χ1) is 17.7. The number of carbonyl (C=O) groups excluding carboxylic acids is 3. The Labute approximate surface area is 230 Å². The van der Waals surface area contributed by atoms with Gasteiger partial charge < -0.3 is 14.7 Å². The lowest BCUT2D eigenvalue weighted by Crippen LogP contribution is -2.46. The molecule has 2 saturated carbocycles. The molecule has 2 aliphatic heterocycles. The quantitative estimate of drug-likeness (QED) is 0.481. The molecule has 2 saturated heterocycles. The lowest BCUT2D eigenvalue weighted by atomic mass is 9.92. The summed E-state index contributed by atoms with van der Waals surface area (Å²) >= 11 is 12.6. The molecule has 37 heavy (non-hydrogen) atoms. The van der Waals surface area contributed by atoms with Gasteiger partial charge in [0, 0.05) is 56.9 Å². The third-order valence-electron chi connectivity index (χ3n) is 9.45. The van der Waals surface area contributed by atoms with Gasteiger partial charge >= 0.3 is 0 Å². The molecule has 6 nitrogen and oxygen atoms in total. The van der Waals surface area contributed by atoms with Gasteiger partial charge in [-0.05, 0) is 62.1 Å². The van der Waals surface area contributed by atoms with Crippen LogP contribution in [-0.2, 0) is 14.4 Å². The van der Waals surface area contributed by atoms with Crippen molar-refractivity contribution in [1.29, 1.82) is 0 Å². The standard InChI is InChI=1S/C29H39Cl2N3O3/c1-29(11-12-29)28(37)33-13-9-20(10-14-33)27(36)34-17-22(21-7-8-23(30)24(31)16-21)25(18-34)32(2)26(35)15-19-5-3-4-6-19/h7-8,16,19-20,22,25H,3-6,9-15,17-18H2,1-2H3/t22-,25+/m1/s1. The minimum atomic E-state index is -0.165. The van der Waals surface area contributed by atoms with E-state index in [1.807, 2.05) is 40.8 Å². The first-order valence-corrected chi connectivity index (χ1v) is 14.7. The largest absolute Gasteiger partial charge is 0.342 e. The van der Waals surface area contributed by atoms with E-state index in [0.29, 0.717) is 61.4 Å². The summed E-state index contributed by atoms with van der Waals surface area (Å²) in [7, 11) is 1.89. The fourth-order valence-electron chi connectivity index (χ4n) is 6.59. The third-order valence-corrected chi connectivity index (χ3v) is 10.2. The monoisotopic (exact) mass is 547 g/mol.